The lowest BCUT2D eigenvalue weighted by molar-refractivity contribution is 0.101. The fraction of sp³-hybridized carbons (Fsp3) is 0.571. The van der Waals surface area contributed by atoms with E-state index in [0.717, 1.165) is 5.56 Å². The average molecular weight is 265 g/mol. The molecular formula is C14H23NO2Si. The van der Waals surface area contributed by atoms with E-state index in [2.05, 4.69) is 38.8 Å². The summed E-state index contributed by atoms with van der Waals surface area (Å²) >= 11 is 0. The van der Waals surface area contributed by atoms with E-state index < -0.39 is 8.32 Å². The van der Waals surface area contributed by atoms with Crippen LogP contribution in [0.3, 0.4) is 0 Å². The topological polar surface area (TPSA) is 39.2 Å². The molecule has 3 nitrogen and oxygen atoms in total. The highest BCUT2D eigenvalue weighted by atomic mass is 28.4. The van der Waals surface area contributed by atoms with Crippen molar-refractivity contribution < 1.29 is 9.22 Å². The molecule has 0 amide bonds. The van der Waals surface area contributed by atoms with Gasteiger partial charge in [-0.05, 0) is 29.8 Å². The van der Waals surface area contributed by atoms with Crippen LogP contribution in [0.4, 0.5) is 0 Å². The summed E-state index contributed by atoms with van der Waals surface area (Å²) in [6, 6.07) is 3.67. The fourth-order valence-electron chi connectivity index (χ4n) is 1.20. The highest BCUT2D eigenvalue weighted by Gasteiger charge is 2.36. The minimum Gasteiger partial charge on any atom is -0.413 e. The summed E-state index contributed by atoms with van der Waals surface area (Å²) in [6.45, 7) is 13.2. The number of aromatic nitrogens is 1. The average Bonchev–Trinajstić information content (AvgIpc) is 2.25. The Morgan fingerprint density at radius 1 is 1.33 bits per heavy atom. The first-order valence-electron chi connectivity index (χ1n) is 6.23. The van der Waals surface area contributed by atoms with Gasteiger partial charge < -0.3 is 4.43 Å². The smallest absolute Gasteiger partial charge is 0.192 e. The van der Waals surface area contributed by atoms with Crippen LogP contribution in [0.25, 0.3) is 0 Å². The SMILES string of the molecule is CC(=O)c1ccc(CO[Si](C)(C)C(C)(C)C)cn1. The zero-order valence-corrected chi connectivity index (χ0v) is 13.2. The number of hydrogen-bond acceptors (Lipinski definition) is 3. The molecule has 1 aromatic heterocycles. The van der Waals surface area contributed by atoms with Crippen molar-refractivity contribution in [2.45, 2.75) is 52.4 Å². The summed E-state index contributed by atoms with van der Waals surface area (Å²) in [7, 11) is -1.72. The number of pyridine rings is 1. The highest BCUT2D eigenvalue weighted by Crippen LogP contribution is 2.36. The van der Waals surface area contributed by atoms with E-state index in [4.69, 9.17) is 4.43 Å². The summed E-state index contributed by atoms with van der Waals surface area (Å²) in [5.41, 5.74) is 1.52. The van der Waals surface area contributed by atoms with Crippen molar-refractivity contribution in [1.29, 1.82) is 0 Å². The molecule has 0 bridgehead atoms. The van der Waals surface area contributed by atoms with Gasteiger partial charge in [0, 0.05) is 13.1 Å². The summed E-state index contributed by atoms with van der Waals surface area (Å²) in [5.74, 6) is -0.00753. The summed E-state index contributed by atoms with van der Waals surface area (Å²) < 4.78 is 6.09. The van der Waals surface area contributed by atoms with Crippen molar-refractivity contribution in [2.75, 3.05) is 0 Å². The molecule has 0 aliphatic heterocycles. The molecule has 1 aromatic rings. The Morgan fingerprint density at radius 3 is 2.33 bits per heavy atom. The zero-order valence-electron chi connectivity index (χ0n) is 12.2. The predicted molar refractivity (Wildman–Crippen MR) is 76.2 cm³/mol. The normalized spacial score (nSPS) is 12.6. The molecule has 4 heteroatoms. The van der Waals surface area contributed by atoms with E-state index in [9.17, 15) is 4.79 Å². The largest absolute Gasteiger partial charge is 0.413 e. The van der Waals surface area contributed by atoms with Crippen LogP contribution in [-0.4, -0.2) is 19.1 Å². The van der Waals surface area contributed by atoms with Crippen molar-refractivity contribution >= 4 is 14.1 Å². The second-order valence-electron chi connectivity index (χ2n) is 6.16. The zero-order chi connectivity index (χ0) is 14.0. The number of carbonyl (C=O) groups is 1. The Morgan fingerprint density at radius 2 is 1.94 bits per heavy atom. The van der Waals surface area contributed by atoms with Gasteiger partial charge in [-0.25, -0.2) is 0 Å². The van der Waals surface area contributed by atoms with Crippen LogP contribution in [0.2, 0.25) is 18.1 Å². The van der Waals surface area contributed by atoms with E-state index in [1.54, 1.807) is 12.3 Å². The van der Waals surface area contributed by atoms with Crippen LogP contribution in [0.1, 0.15) is 43.7 Å². The van der Waals surface area contributed by atoms with Crippen LogP contribution in [-0.2, 0) is 11.0 Å². The minimum atomic E-state index is -1.72. The van der Waals surface area contributed by atoms with Crippen LogP contribution in [0.5, 0.6) is 0 Å². The number of nitrogens with zero attached hydrogens (tertiary/aromatic N) is 1. The molecule has 0 saturated heterocycles. The van der Waals surface area contributed by atoms with Gasteiger partial charge in [0.1, 0.15) is 5.69 Å². The molecule has 100 valence electrons. The van der Waals surface area contributed by atoms with Gasteiger partial charge in [-0.15, -0.1) is 0 Å². The monoisotopic (exact) mass is 265 g/mol. The van der Waals surface area contributed by atoms with E-state index >= 15 is 0 Å². The summed E-state index contributed by atoms with van der Waals surface area (Å²) in [5, 5.41) is 0.208. The Kier molecular flexibility index (Phi) is 4.45. The van der Waals surface area contributed by atoms with Crippen LogP contribution in [0, 0.1) is 0 Å². The van der Waals surface area contributed by atoms with Gasteiger partial charge in [0.2, 0.25) is 0 Å². The maximum absolute atomic E-state index is 11.1. The lowest BCUT2D eigenvalue weighted by Gasteiger charge is -2.36. The number of ketones is 1. The quantitative estimate of drug-likeness (QED) is 0.614. The molecule has 0 N–H and O–H groups in total. The van der Waals surface area contributed by atoms with Gasteiger partial charge in [0.25, 0.3) is 0 Å². The third-order valence-electron chi connectivity index (χ3n) is 3.59. The lowest BCUT2D eigenvalue weighted by atomic mass is 10.2. The Labute approximate surface area is 111 Å². The van der Waals surface area contributed by atoms with Gasteiger partial charge in [-0.3, -0.25) is 9.78 Å². The Hall–Kier alpha value is -1.00. The molecule has 1 heterocycles. The molecule has 0 unspecified atom stereocenters. The molecule has 0 atom stereocenters. The Balaban J connectivity index is 2.67. The molecular weight excluding hydrogens is 242 g/mol. The van der Waals surface area contributed by atoms with Crippen molar-refractivity contribution in [2.24, 2.45) is 0 Å². The summed E-state index contributed by atoms with van der Waals surface area (Å²) in [6.07, 6.45) is 1.73. The maximum atomic E-state index is 11.1. The predicted octanol–water partition coefficient (Wildman–Crippen LogP) is 3.81. The lowest BCUT2D eigenvalue weighted by Crippen LogP contribution is -2.40. The number of carbonyl (C=O) groups excluding carboxylic acids is 1. The maximum Gasteiger partial charge on any atom is 0.192 e. The van der Waals surface area contributed by atoms with Crippen LogP contribution < -0.4 is 0 Å². The molecule has 0 aliphatic rings. The van der Waals surface area contributed by atoms with E-state index in [0.29, 0.717) is 12.3 Å². The Bertz CT molecular complexity index is 418. The van der Waals surface area contributed by atoms with Gasteiger partial charge in [0.15, 0.2) is 14.1 Å². The molecule has 0 saturated carbocycles. The number of hydrogen-bond donors (Lipinski definition) is 0. The first-order valence-corrected chi connectivity index (χ1v) is 9.14. The molecule has 0 aliphatic carbocycles. The third-order valence-corrected chi connectivity index (χ3v) is 8.07. The van der Waals surface area contributed by atoms with Crippen molar-refractivity contribution in [3.05, 3.63) is 29.6 Å². The second-order valence-corrected chi connectivity index (χ2v) is 11.0. The van der Waals surface area contributed by atoms with Gasteiger partial charge >= 0.3 is 0 Å². The van der Waals surface area contributed by atoms with E-state index in [-0.39, 0.29) is 10.8 Å². The van der Waals surface area contributed by atoms with Crippen LogP contribution >= 0.6 is 0 Å². The van der Waals surface area contributed by atoms with Crippen molar-refractivity contribution in [3.63, 3.8) is 0 Å². The molecule has 0 radical (unpaired) electrons. The highest BCUT2D eigenvalue weighted by molar-refractivity contribution is 6.74. The van der Waals surface area contributed by atoms with Gasteiger partial charge in [0.05, 0.1) is 6.61 Å². The standard InChI is InChI=1S/C14H23NO2Si/c1-11(16)13-8-7-12(9-15-13)10-17-18(5,6)14(2,3)4/h7-9H,10H2,1-6H3. The van der Waals surface area contributed by atoms with E-state index in [1.807, 2.05) is 6.07 Å². The van der Waals surface area contributed by atoms with E-state index in [1.165, 1.54) is 6.92 Å². The van der Waals surface area contributed by atoms with Gasteiger partial charge in [-0.1, -0.05) is 26.8 Å². The molecule has 0 spiro atoms. The fourth-order valence-corrected chi connectivity index (χ4v) is 2.16. The minimum absolute atomic E-state index is 0.00753. The second kappa shape index (κ2) is 5.32. The number of Topliss-reactive ketones (excluding diaryl/α,β-unsaturated/α-hetero) is 1. The number of rotatable bonds is 4. The summed E-state index contributed by atoms with van der Waals surface area (Å²) in [4.78, 5) is 15.2. The first kappa shape index (κ1) is 15.1. The molecule has 18 heavy (non-hydrogen) atoms. The van der Waals surface area contributed by atoms with Gasteiger partial charge in [-0.2, -0.15) is 0 Å². The van der Waals surface area contributed by atoms with Crippen molar-refractivity contribution in [3.8, 4) is 0 Å². The molecule has 1 rings (SSSR count). The molecule has 0 aromatic carbocycles. The first-order chi connectivity index (χ1) is 8.13. The van der Waals surface area contributed by atoms with Crippen LogP contribution in [0.15, 0.2) is 18.3 Å². The third kappa shape index (κ3) is 3.75. The van der Waals surface area contributed by atoms with Crippen molar-refractivity contribution in [1.82, 2.24) is 4.98 Å². The molecule has 0 fully saturated rings.